The van der Waals surface area contributed by atoms with Crippen molar-refractivity contribution >= 4 is 79.9 Å². The van der Waals surface area contributed by atoms with E-state index < -0.39 is 36.9 Å². The van der Waals surface area contributed by atoms with Gasteiger partial charge < -0.3 is 125 Å². The van der Waals surface area contributed by atoms with Crippen LogP contribution in [0, 0.1) is 10.8 Å². The van der Waals surface area contributed by atoms with E-state index in [2.05, 4.69) is 131 Å². The van der Waals surface area contributed by atoms with Gasteiger partial charge in [0.2, 0.25) is 0 Å². The van der Waals surface area contributed by atoms with Crippen molar-refractivity contribution in [3.63, 3.8) is 0 Å². The Morgan fingerprint density at radius 2 is 0.815 bits per heavy atom. The largest absolute Gasteiger partial charge is 0.493 e. The number of epoxide rings is 4. The third-order valence-corrected chi connectivity index (χ3v) is 28.8. The Hall–Kier alpha value is -4.14. The number of rotatable bonds is 71. The summed E-state index contributed by atoms with van der Waals surface area (Å²) < 4.78 is 57.2. The fourth-order valence-corrected chi connectivity index (χ4v) is 18.0. The Kier molecular flexibility index (Phi) is 59.7. The van der Waals surface area contributed by atoms with Crippen LogP contribution in [0.3, 0.4) is 0 Å². The maximum Gasteiger partial charge on any atom is 0.156 e. The van der Waals surface area contributed by atoms with E-state index in [1.165, 1.54) is 55.5 Å². The molecule has 0 spiro atoms. The van der Waals surface area contributed by atoms with Crippen LogP contribution in [0.2, 0.25) is 75.5 Å². The molecule has 13 N–H and O–H groups in total. The number of benzene rings is 4. The van der Waals surface area contributed by atoms with Gasteiger partial charge in [-0.1, -0.05) is 117 Å². The number of aliphatic hydroxyl groups is 6. The molecule has 32 heteroatoms. The molecule has 714 valence electrons. The lowest BCUT2D eigenvalue weighted by molar-refractivity contribution is -0.134. The Morgan fingerprint density at radius 3 is 1.22 bits per heavy atom. The molecule has 4 aliphatic heterocycles. The molecular weight excluding hydrogens is 1670 g/mol. The van der Waals surface area contributed by atoms with Crippen LogP contribution in [0.5, 0.6) is 23.0 Å². The molecular formula is C92H176N10O16Si6. The van der Waals surface area contributed by atoms with Gasteiger partial charge in [-0.15, -0.1) is 0 Å². The van der Waals surface area contributed by atoms with Gasteiger partial charge in [0.05, 0.1) is 102 Å². The third kappa shape index (κ3) is 55.8. The van der Waals surface area contributed by atoms with Crippen LogP contribution in [-0.4, -0.2) is 339 Å². The van der Waals surface area contributed by atoms with Gasteiger partial charge in [0.1, 0.15) is 48.5 Å². The van der Waals surface area contributed by atoms with E-state index in [1.54, 1.807) is 0 Å². The van der Waals surface area contributed by atoms with Gasteiger partial charge in [0.25, 0.3) is 0 Å². The predicted molar refractivity (Wildman–Crippen MR) is 534 cm³/mol. The van der Waals surface area contributed by atoms with E-state index in [0.717, 1.165) is 144 Å². The Labute approximate surface area is 763 Å². The van der Waals surface area contributed by atoms with Crippen LogP contribution in [0.25, 0.3) is 0 Å². The summed E-state index contributed by atoms with van der Waals surface area (Å²) in [4.78, 5) is 8.78. The van der Waals surface area contributed by atoms with Crippen LogP contribution in [-0.2, 0) is 28.4 Å². The molecule has 4 aliphatic rings. The van der Waals surface area contributed by atoms with Crippen molar-refractivity contribution in [3.8, 4) is 23.0 Å². The zero-order valence-electron chi connectivity index (χ0n) is 78.9. The molecule has 4 aromatic rings. The average Bonchev–Trinajstić information content (AvgIpc) is 1.73. The molecule has 4 fully saturated rings. The van der Waals surface area contributed by atoms with Gasteiger partial charge in [-0.2, -0.15) is 0 Å². The highest BCUT2D eigenvalue weighted by atomic mass is 28.2. The number of nitrogens with two attached hydrogens (primary N) is 1. The van der Waals surface area contributed by atoms with E-state index in [0.29, 0.717) is 133 Å². The Bertz CT molecular complexity index is 3190. The van der Waals surface area contributed by atoms with Crippen LogP contribution in [0.15, 0.2) is 97.1 Å². The molecule has 0 bridgehead atoms. The molecule has 11 atom stereocenters. The van der Waals surface area contributed by atoms with Crippen LogP contribution >= 0.6 is 0 Å². The normalized spacial score (nSPS) is 18.0. The van der Waals surface area contributed by atoms with Crippen molar-refractivity contribution in [2.24, 2.45) is 16.6 Å². The highest BCUT2D eigenvalue weighted by molar-refractivity contribution is 6.34. The first-order valence-corrected chi connectivity index (χ1v) is 62.4. The van der Waals surface area contributed by atoms with Gasteiger partial charge in [-0.25, -0.2) is 0 Å². The SMILES string of the molecule is C[SiH2]CCCN.C[SiH2]CCCNCC(O)CN(CC1CO1)c1ccc(OCC2CO2)cc1.C[SiH2]CCCNCC(O)CN(CC1CO1)c1ccc(OCCC2CO2)cc1.C[SiH2]CCCNCC(O)CN(CCC(O)OC(CNCCC[SiH2]C)CN(CCOCC(C)(C)C)c1ccc(OCC(O)NCCC[SiH2]C)cc1)c1ccc(OCCC(O)C(C)(C)C)cc1.[2HH]. The van der Waals surface area contributed by atoms with Crippen LogP contribution in [0.4, 0.5) is 22.7 Å². The lowest BCUT2D eigenvalue weighted by Crippen LogP contribution is -2.44. The molecule has 0 saturated carbocycles. The number of nitrogens with zero attached hydrogens (tertiary/aromatic N) is 4. The van der Waals surface area contributed by atoms with E-state index in [1.807, 2.05) is 93.6 Å². The maximum atomic E-state index is 11.6. The summed E-state index contributed by atoms with van der Waals surface area (Å²) >= 11 is 0. The molecule has 26 nitrogen and oxygen atoms in total. The summed E-state index contributed by atoms with van der Waals surface area (Å²) in [5.74, 6) is 3.14. The zero-order chi connectivity index (χ0) is 89.8. The van der Waals surface area contributed by atoms with Gasteiger partial charge in [0.15, 0.2) is 6.29 Å². The summed E-state index contributed by atoms with van der Waals surface area (Å²) in [6, 6.07) is 40.0. The molecule has 0 aliphatic carbocycles. The Morgan fingerprint density at radius 1 is 0.435 bits per heavy atom. The van der Waals surface area contributed by atoms with Gasteiger partial charge in [-0.3, -0.25) is 5.32 Å². The maximum absolute atomic E-state index is 11.6. The second-order valence-electron chi connectivity index (χ2n) is 36.2. The molecule has 4 saturated heterocycles. The zero-order valence-corrected chi connectivity index (χ0v) is 87.4. The van der Waals surface area contributed by atoms with Crippen LogP contribution in [0.1, 0.15) is 101 Å². The van der Waals surface area contributed by atoms with Crippen molar-refractivity contribution in [3.05, 3.63) is 97.1 Å². The van der Waals surface area contributed by atoms with E-state index in [-0.39, 0.29) is 90.9 Å². The van der Waals surface area contributed by atoms with Gasteiger partial charge in [0, 0.05) is 179 Å². The van der Waals surface area contributed by atoms with E-state index >= 15 is 0 Å². The summed E-state index contributed by atoms with van der Waals surface area (Å²) in [6.45, 7) is 45.6. The molecule has 4 heterocycles. The molecule has 4 aromatic carbocycles. The molecule has 124 heavy (non-hydrogen) atoms. The minimum absolute atomic E-state index is 0. The monoisotopic (exact) mass is 1850 g/mol. The fraction of sp³-hybridized carbons (Fsp3) is 0.739. The summed E-state index contributed by atoms with van der Waals surface area (Å²) in [5, 5.41) is 81.4. The van der Waals surface area contributed by atoms with Crippen molar-refractivity contribution < 1.29 is 79.4 Å². The number of ether oxygens (including phenoxy) is 10. The average molecular weight is 1850 g/mol. The van der Waals surface area contributed by atoms with Gasteiger partial charge >= 0.3 is 0 Å². The topological polar surface area (TPSA) is 326 Å². The van der Waals surface area contributed by atoms with Crippen LogP contribution < -0.4 is 70.9 Å². The molecule has 0 radical (unpaired) electrons. The van der Waals surface area contributed by atoms with E-state index in [4.69, 9.17) is 53.1 Å². The minimum atomic E-state index is -1.04. The number of hydrogen-bond donors (Lipinski definition) is 12. The smallest absolute Gasteiger partial charge is 0.156 e. The fourth-order valence-electron chi connectivity index (χ4n) is 13.5. The third-order valence-electron chi connectivity index (χ3n) is 21.5. The lowest BCUT2D eigenvalue weighted by Gasteiger charge is -2.32. The van der Waals surface area contributed by atoms with E-state index in [9.17, 15) is 30.6 Å². The first-order valence-electron chi connectivity index (χ1n) is 47.9. The Balaban J connectivity index is 0.000000441. The standard InChI is InChI=1S/C49H95N5O8Si3.C20H34N2O4Si.C19H32N2O4Si.C4H13NSi.H2/c1-48(2,3)38-59-29-27-54(40-15-19-43(20-16-40)61-37-46(57)52-25-12-32-65-9)36-44(34-51-24-11-31-64-8)62-47(58)21-26-53(35-41(55)33-50-23-10-30-63-7)39-13-17-42(18-14-39)60-28-22-45(56)49(4,5)6;1-27-10-2-8-21-11-17(23)12-22(13-20-15-26-20)16-3-5-18(6-4-16)24-9-7-19-14-25-19;1-26-8-2-7-20-9-16(22)10-21(11-18-12-24-18)15-3-5-17(6-4-15)23-13-19-14-25-19;1-6-4-2-3-5;/h13-20,41,44-47,50-52,55-58H,10-12,21-38,63-65H2,1-9H3;3-6,17,19-21,23H,2,7-15,27H2,1H3;3-6,16,18-20,22H,2,7-14,26H2,1H3;2-6H2,1H3;1H/i;;;;1+1. The molecule has 11 unspecified atom stereocenters. The number of anilines is 4. The summed E-state index contributed by atoms with van der Waals surface area (Å²) in [7, 11) is 0.685. The summed E-state index contributed by atoms with van der Waals surface area (Å²) in [6.07, 6.45) is 6.17. The molecule has 0 amide bonds. The first-order chi connectivity index (χ1) is 59.9. The molecule has 8 rings (SSSR count). The van der Waals surface area contributed by atoms with Gasteiger partial charge in [-0.05, 0) is 186 Å². The summed E-state index contributed by atoms with van der Waals surface area (Å²) in [5.41, 5.74) is 9.17. The second kappa shape index (κ2) is 67.1. The number of nitrogens with one attached hydrogen (secondary N) is 5. The lowest BCUT2D eigenvalue weighted by atomic mass is 9.87. The number of aliphatic hydroxyl groups excluding tert-OH is 6. The molecule has 0 aromatic heterocycles. The van der Waals surface area contributed by atoms with Crippen molar-refractivity contribution in [1.82, 2.24) is 26.6 Å². The quantitative estimate of drug-likeness (QED) is 0.0102. The highest BCUT2D eigenvalue weighted by Crippen LogP contribution is 2.29. The van der Waals surface area contributed by atoms with Crippen molar-refractivity contribution in [2.45, 2.75) is 242 Å². The predicted octanol–water partition coefficient (Wildman–Crippen LogP) is 6.13. The highest BCUT2D eigenvalue weighted by Gasteiger charge is 2.31. The number of hydrogen-bond acceptors (Lipinski definition) is 26. The first kappa shape index (κ1) is 110. The second-order valence-corrected chi connectivity index (χ2v) is 46.4. The van der Waals surface area contributed by atoms with Crippen molar-refractivity contribution in [2.75, 3.05) is 203 Å². The van der Waals surface area contributed by atoms with Crippen molar-refractivity contribution in [1.29, 1.82) is 0 Å². The minimum Gasteiger partial charge on any atom is -0.493 e.